The maximum absolute atomic E-state index is 13.3. The topological polar surface area (TPSA) is 111 Å². The molecule has 1 N–H and O–H groups in total. The molecule has 6 aromatic rings. The number of rotatable bonds is 6. The van der Waals surface area contributed by atoms with E-state index in [1.54, 1.807) is 37.3 Å². The molecule has 0 saturated carbocycles. The van der Waals surface area contributed by atoms with Gasteiger partial charge in [-0.2, -0.15) is 0 Å². The number of aryl methyl sites for hydroxylation is 1. The zero-order valence-electron chi connectivity index (χ0n) is 20.2. The monoisotopic (exact) mass is 519 g/mol. The highest BCUT2D eigenvalue weighted by Gasteiger charge is 2.21. The maximum Gasteiger partial charge on any atom is 0.261 e. The molecule has 0 amide bonds. The Morgan fingerprint density at radius 2 is 1.18 bits per heavy atom. The first-order valence-corrected chi connectivity index (χ1v) is 13.3. The molecule has 0 aliphatic rings. The smallest absolute Gasteiger partial charge is 0.261 e. The van der Waals surface area contributed by atoms with Crippen molar-refractivity contribution in [3.63, 3.8) is 0 Å². The number of benzene rings is 4. The summed E-state index contributed by atoms with van der Waals surface area (Å²) >= 11 is 0. The molecule has 4 aromatic carbocycles. The summed E-state index contributed by atoms with van der Waals surface area (Å²) in [5.74, 6) is 1.67. The third-order valence-electron chi connectivity index (χ3n) is 5.87. The van der Waals surface area contributed by atoms with Crippen LogP contribution in [0.15, 0.2) is 112 Å². The van der Waals surface area contributed by atoms with Gasteiger partial charge in [-0.05, 0) is 24.3 Å². The minimum Gasteiger partial charge on any atom is -0.441 e. The lowest BCUT2D eigenvalue weighted by Gasteiger charge is -2.14. The third-order valence-corrected chi connectivity index (χ3v) is 7.25. The minimum absolute atomic E-state index is 0.132. The molecule has 0 bridgehead atoms. The van der Waals surface area contributed by atoms with Crippen molar-refractivity contribution in [2.75, 3.05) is 4.72 Å². The van der Waals surface area contributed by atoms with Crippen LogP contribution in [0.4, 0.5) is 5.69 Å². The van der Waals surface area contributed by atoms with Crippen molar-refractivity contribution in [3.8, 4) is 34.2 Å². The highest BCUT2D eigenvalue weighted by atomic mass is 32.2. The van der Waals surface area contributed by atoms with Crippen molar-refractivity contribution in [3.05, 3.63) is 109 Å². The van der Waals surface area contributed by atoms with E-state index in [4.69, 9.17) is 19.4 Å². The highest BCUT2D eigenvalue weighted by molar-refractivity contribution is 7.92. The number of oxazole rings is 1. The van der Waals surface area contributed by atoms with Crippen LogP contribution in [0.3, 0.4) is 0 Å². The van der Waals surface area contributed by atoms with E-state index in [0.29, 0.717) is 40.0 Å². The first-order chi connectivity index (χ1) is 18.5. The molecule has 6 rings (SSSR count). The summed E-state index contributed by atoms with van der Waals surface area (Å²) in [5, 5.41) is 0. The predicted molar refractivity (Wildman–Crippen MR) is 146 cm³/mol. The summed E-state index contributed by atoms with van der Waals surface area (Å²) in [6.07, 6.45) is 0. The molecule has 0 radical (unpaired) electrons. The van der Waals surface area contributed by atoms with E-state index >= 15 is 0 Å². The first-order valence-electron chi connectivity index (χ1n) is 11.8. The van der Waals surface area contributed by atoms with Gasteiger partial charge in [0, 0.05) is 23.6 Å². The molecular formula is C29H21N5O3S. The van der Waals surface area contributed by atoms with Crippen LogP contribution in [-0.2, 0) is 10.0 Å². The molecule has 0 unspecified atom stereocenters. The van der Waals surface area contributed by atoms with E-state index in [1.807, 2.05) is 60.7 Å². The summed E-state index contributed by atoms with van der Waals surface area (Å²) < 4.78 is 35.1. The lowest BCUT2D eigenvalue weighted by Crippen LogP contribution is -2.14. The molecule has 0 aliphatic heterocycles. The number of anilines is 1. The van der Waals surface area contributed by atoms with Crippen molar-refractivity contribution in [2.45, 2.75) is 11.8 Å². The Labute approximate surface area is 219 Å². The number of sulfonamides is 1. The normalized spacial score (nSPS) is 11.5. The van der Waals surface area contributed by atoms with Crippen LogP contribution in [0.1, 0.15) is 5.89 Å². The summed E-state index contributed by atoms with van der Waals surface area (Å²) in [4.78, 5) is 18.8. The Morgan fingerprint density at radius 1 is 0.658 bits per heavy atom. The van der Waals surface area contributed by atoms with Gasteiger partial charge in [0.1, 0.15) is 5.52 Å². The van der Waals surface area contributed by atoms with Crippen molar-refractivity contribution >= 4 is 26.8 Å². The van der Waals surface area contributed by atoms with Gasteiger partial charge in [0.15, 0.2) is 28.9 Å². The number of aromatic nitrogens is 4. The lowest BCUT2D eigenvalue weighted by atomic mass is 10.1. The fourth-order valence-electron chi connectivity index (χ4n) is 4.09. The van der Waals surface area contributed by atoms with Gasteiger partial charge in [-0.15, -0.1) is 0 Å². The molecule has 2 heterocycles. The minimum atomic E-state index is -3.91. The maximum atomic E-state index is 13.3. The quantitative estimate of drug-likeness (QED) is 0.282. The van der Waals surface area contributed by atoms with Gasteiger partial charge in [-0.25, -0.2) is 28.4 Å². The first kappa shape index (κ1) is 23.5. The van der Waals surface area contributed by atoms with Gasteiger partial charge < -0.3 is 4.42 Å². The molecule has 0 saturated heterocycles. The van der Waals surface area contributed by atoms with Crippen LogP contribution < -0.4 is 4.72 Å². The van der Waals surface area contributed by atoms with E-state index in [2.05, 4.69) is 9.71 Å². The SMILES string of the molecule is Cc1nc2cc(NS(=O)(=O)c3ccccc3)c(-c3nc(-c4ccccc4)nc(-c4ccccc4)n3)cc2o1. The average Bonchev–Trinajstić information content (AvgIpc) is 3.32. The summed E-state index contributed by atoms with van der Waals surface area (Å²) in [7, 11) is -3.91. The molecule has 186 valence electrons. The van der Waals surface area contributed by atoms with Crippen molar-refractivity contribution in [2.24, 2.45) is 0 Å². The fraction of sp³-hybridized carbons (Fsp3) is 0.0345. The zero-order chi connectivity index (χ0) is 26.1. The number of hydrogen-bond acceptors (Lipinski definition) is 7. The fourth-order valence-corrected chi connectivity index (χ4v) is 5.18. The Kier molecular flexibility index (Phi) is 5.89. The summed E-state index contributed by atoms with van der Waals surface area (Å²) in [6, 6.07) is 30.6. The van der Waals surface area contributed by atoms with Crippen LogP contribution in [0.25, 0.3) is 45.3 Å². The van der Waals surface area contributed by atoms with Gasteiger partial charge in [-0.3, -0.25) is 4.72 Å². The van der Waals surface area contributed by atoms with Crippen molar-refractivity contribution in [1.82, 2.24) is 19.9 Å². The standard InChI is InChI=1S/C29H21N5O3S/c1-19-30-25-18-24(34-38(35,36)22-15-9-4-10-16-22)23(17-26(25)37-19)29-32-27(20-11-5-2-6-12-20)31-28(33-29)21-13-7-3-8-14-21/h2-18,34H,1H3. The molecule has 2 aromatic heterocycles. The van der Waals surface area contributed by atoms with E-state index < -0.39 is 10.0 Å². The Morgan fingerprint density at radius 3 is 1.76 bits per heavy atom. The predicted octanol–water partition coefficient (Wildman–Crippen LogP) is 6.12. The molecule has 0 fully saturated rings. The molecule has 0 aliphatic carbocycles. The summed E-state index contributed by atoms with van der Waals surface area (Å²) in [6.45, 7) is 1.73. The molecule has 0 spiro atoms. The number of fused-ring (bicyclic) bond motifs is 1. The van der Waals surface area contributed by atoms with E-state index in [-0.39, 0.29) is 10.6 Å². The molecule has 38 heavy (non-hydrogen) atoms. The van der Waals surface area contributed by atoms with Crippen LogP contribution in [-0.4, -0.2) is 28.4 Å². The van der Waals surface area contributed by atoms with Gasteiger partial charge in [0.25, 0.3) is 10.0 Å². The third kappa shape index (κ3) is 4.62. The lowest BCUT2D eigenvalue weighted by molar-refractivity contribution is 0.561. The number of nitrogens with one attached hydrogen (secondary N) is 1. The van der Waals surface area contributed by atoms with Crippen LogP contribution >= 0.6 is 0 Å². The van der Waals surface area contributed by atoms with Crippen molar-refractivity contribution in [1.29, 1.82) is 0 Å². The highest BCUT2D eigenvalue weighted by Crippen LogP contribution is 2.34. The van der Waals surface area contributed by atoms with Crippen LogP contribution in [0, 0.1) is 6.92 Å². The van der Waals surface area contributed by atoms with Crippen LogP contribution in [0.2, 0.25) is 0 Å². The number of nitrogens with zero attached hydrogens (tertiary/aromatic N) is 4. The molecule has 9 heteroatoms. The van der Waals surface area contributed by atoms with E-state index in [9.17, 15) is 8.42 Å². The van der Waals surface area contributed by atoms with Gasteiger partial charge in [0.05, 0.1) is 10.6 Å². The second-order valence-electron chi connectivity index (χ2n) is 8.56. The van der Waals surface area contributed by atoms with E-state index in [0.717, 1.165) is 11.1 Å². The molecular weight excluding hydrogens is 498 g/mol. The Bertz CT molecular complexity index is 1800. The second-order valence-corrected chi connectivity index (χ2v) is 10.2. The van der Waals surface area contributed by atoms with Gasteiger partial charge >= 0.3 is 0 Å². The van der Waals surface area contributed by atoms with Crippen molar-refractivity contribution < 1.29 is 12.8 Å². The molecule has 0 atom stereocenters. The average molecular weight is 520 g/mol. The van der Waals surface area contributed by atoms with Gasteiger partial charge in [-0.1, -0.05) is 78.9 Å². The second kappa shape index (κ2) is 9.53. The largest absolute Gasteiger partial charge is 0.441 e. The Balaban J connectivity index is 1.58. The Hall–Kier alpha value is -4.89. The van der Waals surface area contributed by atoms with Gasteiger partial charge in [0.2, 0.25) is 0 Å². The number of hydrogen-bond donors (Lipinski definition) is 1. The van der Waals surface area contributed by atoms with E-state index in [1.165, 1.54) is 12.1 Å². The zero-order valence-corrected chi connectivity index (χ0v) is 21.1. The molecule has 8 nitrogen and oxygen atoms in total. The van der Waals surface area contributed by atoms with Crippen LogP contribution in [0.5, 0.6) is 0 Å². The summed E-state index contributed by atoms with van der Waals surface area (Å²) in [5.41, 5.74) is 3.32.